The molecule has 0 fully saturated rings. The van der Waals surface area contributed by atoms with Gasteiger partial charge in [-0.25, -0.2) is 0 Å². The van der Waals surface area contributed by atoms with Crippen LogP contribution in [-0.4, -0.2) is 16.0 Å². The van der Waals surface area contributed by atoms with Gasteiger partial charge in [-0.1, -0.05) is 35.5 Å². The molecule has 0 atom stereocenters. The Labute approximate surface area is 133 Å². The average molecular weight is 308 g/mol. The molecular formula is C17H16N4O2. The van der Waals surface area contributed by atoms with E-state index in [-0.39, 0.29) is 0 Å². The van der Waals surface area contributed by atoms with Crippen LogP contribution in [0.15, 0.2) is 59.1 Å². The van der Waals surface area contributed by atoms with Gasteiger partial charge < -0.3 is 15.6 Å². The number of carbonyl (C=O) groups excluding carboxylic acids is 1. The van der Waals surface area contributed by atoms with Crippen LogP contribution in [-0.2, 0) is 13.0 Å². The van der Waals surface area contributed by atoms with Crippen molar-refractivity contribution in [3.63, 3.8) is 0 Å². The van der Waals surface area contributed by atoms with Crippen LogP contribution < -0.4 is 11.1 Å². The molecule has 0 saturated carbocycles. The highest BCUT2D eigenvalue weighted by Gasteiger charge is 2.07. The van der Waals surface area contributed by atoms with Crippen LogP contribution in [0.1, 0.15) is 27.6 Å². The number of nitrogens with one attached hydrogen (secondary N) is 1. The molecule has 3 N–H and O–H groups in total. The zero-order valence-electron chi connectivity index (χ0n) is 12.4. The zero-order chi connectivity index (χ0) is 16.1. The summed E-state index contributed by atoms with van der Waals surface area (Å²) in [6, 6.07) is 16.9. The zero-order valence-corrected chi connectivity index (χ0v) is 12.4. The van der Waals surface area contributed by atoms with E-state index in [1.807, 2.05) is 30.3 Å². The lowest BCUT2D eigenvalue weighted by Gasteiger charge is -2.03. The predicted molar refractivity (Wildman–Crippen MR) is 85.8 cm³/mol. The first-order valence-electron chi connectivity index (χ1n) is 7.20. The van der Waals surface area contributed by atoms with E-state index in [4.69, 9.17) is 10.3 Å². The molecule has 0 saturated heterocycles. The second-order valence-electron chi connectivity index (χ2n) is 5.06. The molecular weight excluding hydrogens is 292 g/mol. The van der Waals surface area contributed by atoms with E-state index in [1.54, 1.807) is 24.3 Å². The van der Waals surface area contributed by atoms with Gasteiger partial charge in [0.1, 0.15) is 0 Å². The number of nitrogens with two attached hydrogens (primary N) is 1. The molecule has 0 bridgehead atoms. The number of anilines is 1. The Kier molecular flexibility index (Phi) is 4.33. The van der Waals surface area contributed by atoms with Crippen molar-refractivity contribution < 1.29 is 9.32 Å². The fraction of sp³-hybridized carbons (Fsp3) is 0.118. The van der Waals surface area contributed by atoms with Gasteiger partial charge >= 0.3 is 0 Å². The third-order valence-electron chi connectivity index (χ3n) is 3.33. The molecule has 1 amide bonds. The maximum absolute atomic E-state index is 11.0. The molecule has 0 radical (unpaired) electrons. The lowest BCUT2D eigenvalue weighted by molar-refractivity contribution is 0.100. The number of benzene rings is 2. The van der Waals surface area contributed by atoms with Gasteiger partial charge in [-0.3, -0.25) is 4.79 Å². The van der Waals surface area contributed by atoms with Crippen LogP contribution in [0, 0.1) is 0 Å². The fourth-order valence-electron chi connectivity index (χ4n) is 2.14. The van der Waals surface area contributed by atoms with E-state index in [1.165, 1.54) is 0 Å². The number of carbonyl (C=O) groups is 1. The van der Waals surface area contributed by atoms with Crippen LogP contribution in [0.2, 0.25) is 0 Å². The van der Waals surface area contributed by atoms with Crippen LogP contribution in [0.5, 0.6) is 0 Å². The molecule has 23 heavy (non-hydrogen) atoms. The van der Waals surface area contributed by atoms with Gasteiger partial charge in [-0.15, -0.1) is 0 Å². The summed E-state index contributed by atoms with van der Waals surface area (Å²) in [5, 5.41) is 7.13. The van der Waals surface area contributed by atoms with Gasteiger partial charge in [0, 0.05) is 17.7 Å². The van der Waals surface area contributed by atoms with E-state index in [9.17, 15) is 4.79 Å². The summed E-state index contributed by atoms with van der Waals surface area (Å²) < 4.78 is 5.22. The minimum Gasteiger partial charge on any atom is -0.376 e. The van der Waals surface area contributed by atoms with E-state index in [2.05, 4.69) is 15.5 Å². The van der Waals surface area contributed by atoms with E-state index in [0.29, 0.717) is 30.2 Å². The number of rotatable bonds is 6. The highest BCUT2D eigenvalue weighted by atomic mass is 16.5. The number of nitrogens with zero attached hydrogens (tertiary/aromatic N) is 2. The Morgan fingerprint density at radius 1 is 1.09 bits per heavy atom. The van der Waals surface area contributed by atoms with Gasteiger partial charge in [0.2, 0.25) is 11.8 Å². The number of primary amides is 1. The molecule has 2 aromatic carbocycles. The van der Waals surface area contributed by atoms with Gasteiger partial charge in [-0.2, -0.15) is 4.98 Å². The summed E-state index contributed by atoms with van der Waals surface area (Å²) in [7, 11) is 0. The highest BCUT2D eigenvalue weighted by molar-refractivity contribution is 5.93. The van der Waals surface area contributed by atoms with Gasteiger partial charge in [-0.05, 0) is 29.8 Å². The summed E-state index contributed by atoms with van der Waals surface area (Å²) in [6.07, 6.45) is 0.637. The third-order valence-corrected chi connectivity index (χ3v) is 3.33. The van der Waals surface area contributed by atoms with Gasteiger partial charge in [0.25, 0.3) is 0 Å². The van der Waals surface area contributed by atoms with Gasteiger partial charge in [0.15, 0.2) is 5.82 Å². The second-order valence-corrected chi connectivity index (χ2v) is 5.06. The molecule has 0 aliphatic rings. The van der Waals surface area contributed by atoms with Gasteiger partial charge in [0.05, 0.1) is 6.54 Å². The first-order chi connectivity index (χ1) is 11.2. The Hall–Kier alpha value is -3.15. The molecule has 1 heterocycles. The van der Waals surface area contributed by atoms with E-state index < -0.39 is 5.91 Å². The summed E-state index contributed by atoms with van der Waals surface area (Å²) in [5.74, 6) is 0.714. The quantitative estimate of drug-likeness (QED) is 0.729. The molecule has 1 aromatic heterocycles. The number of aromatic nitrogens is 2. The molecule has 0 spiro atoms. The summed E-state index contributed by atoms with van der Waals surface area (Å²) in [5.41, 5.74) is 7.65. The Morgan fingerprint density at radius 3 is 2.52 bits per heavy atom. The normalized spacial score (nSPS) is 10.4. The Morgan fingerprint density at radius 2 is 1.83 bits per heavy atom. The highest BCUT2D eigenvalue weighted by Crippen LogP contribution is 2.11. The summed E-state index contributed by atoms with van der Waals surface area (Å²) in [4.78, 5) is 15.4. The molecule has 3 rings (SSSR count). The van der Waals surface area contributed by atoms with Crippen molar-refractivity contribution in [2.45, 2.75) is 13.0 Å². The second kappa shape index (κ2) is 6.74. The third kappa shape index (κ3) is 3.94. The number of hydrogen-bond donors (Lipinski definition) is 2. The Balaban J connectivity index is 1.57. The minimum absolute atomic E-state index is 0.414. The standard InChI is InChI=1S/C17H16N4O2/c18-17(22)13-6-8-14(9-7-13)19-11-16-20-15(21-23-16)10-12-4-2-1-3-5-12/h1-9,19H,10-11H2,(H2,18,22). The topological polar surface area (TPSA) is 94.0 Å². The van der Waals surface area contributed by atoms with Crippen molar-refractivity contribution in [2.75, 3.05) is 5.32 Å². The molecule has 3 aromatic rings. The smallest absolute Gasteiger partial charge is 0.248 e. The molecule has 6 nitrogen and oxygen atoms in total. The fourth-order valence-corrected chi connectivity index (χ4v) is 2.14. The monoisotopic (exact) mass is 308 g/mol. The average Bonchev–Trinajstić information content (AvgIpc) is 3.02. The first kappa shape index (κ1) is 14.8. The van der Waals surface area contributed by atoms with Crippen LogP contribution in [0.25, 0.3) is 0 Å². The van der Waals surface area contributed by atoms with Crippen LogP contribution in [0.4, 0.5) is 5.69 Å². The molecule has 0 aliphatic carbocycles. The predicted octanol–water partition coefficient (Wildman–Crippen LogP) is 2.37. The van der Waals surface area contributed by atoms with Crippen LogP contribution in [0.3, 0.4) is 0 Å². The SMILES string of the molecule is NC(=O)c1ccc(NCc2nc(Cc3ccccc3)no2)cc1. The van der Waals surface area contributed by atoms with Crippen LogP contribution >= 0.6 is 0 Å². The lowest BCUT2D eigenvalue weighted by atomic mass is 10.1. The van der Waals surface area contributed by atoms with Crippen molar-refractivity contribution in [2.24, 2.45) is 5.73 Å². The van der Waals surface area contributed by atoms with E-state index in [0.717, 1.165) is 11.3 Å². The van der Waals surface area contributed by atoms with Crippen molar-refractivity contribution in [1.82, 2.24) is 10.1 Å². The largest absolute Gasteiger partial charge is 0.376 e. The Bertz CT molecular complexity index is 782. The number of hydrogen-bond acceptors (Lipinski definition) is 5. The van der Waals surface area contributed by atoms with Crippen molar-refractivity contribution >= 4 is 11.6 Å². The van der Waals surface area contributed by atoms with E-state index >= 15 is 0 Å². The first-order valence-corrected chi connectivity index (χ1v) is 7.20. The summed E-state index contributed by atoms with van der Waals surface area (Å²) >= 11 is 0. The van der Waals surface area contributed by atoms with Crippen molar-refractivity contribution in [1.29, 1.82) is 0 Å². The van der Waals surface area contributed by atoms with Crippen molar-refractivity contribution in [3.8, 4) is 0 Å². The van der Waals surface area contributed by atoms with Crippen molar-refractivity contribution in [3.05, 3.63) is 77.4 Å². The molecule has 0 unspecified atom stereocenters. The molecule has 0 aliphatic heterocycles. The number of amides is 1. The maximum Gasteiger partial charge on any atom is 0.248 e. The molecule has 6 heteroatoms. The minimum atomic E-state index is -0.445. The molecule has 116 valence electrons. The summed E-state index contributed by atoms with van der Waals surface area (Å²) in [6.45, 7) is 0.414. The maximum atomic E-state index is 11.0. The lowest BCUT2D eigenvalue weighted by Crippen LogP contribution is -2.10.